The second-order valence-electron chi connectivity index (χ2n) is 4.16. The fourth-order valence-electron chi connectivity index (χ4n) is 1.74. The molecule has 0 bridgehead atoms. The van der Waals surface area contributed by atoms with Gasteiger partial charge in [-0.3, -0.25) is 9.37 Å². The summed E-state index contributed by atoms with van der Waals surface area (Å²) in [5.74, 6) is 0.823. The van der Waals surface area contributed by atoms with Gasteiger partial charge in [0.2, 0.25) is 0 Å². The molecule has 1 aromatic heterocycles. The van der Waals surface area contributed by atoms with Crippen LogP contribution in [0.3, 0.4) is 0 Å². The van der Waals surface area contributed by atoms with E-state index in [0.717, 1.165) is 17.0 Å². The first-order valence-electron chi connectivity index (χ1n) is 5.28. The van der Waals surface area contributed by atoms with Gasteiger partial charge in [-0.1, -0.05) is 19.8 Å². The molecule has 4 heteroatoms. The fourth-order valence-corrected chi connectivity index (χ4v) is 1.74. The number of hydrogen-bond acceptors (Lipinski definition) is 1. The quantitative estimate of drug-likeness (QED) is 0.697. The average molecular weight is 409 g/mol. The van der Waals surface area contributed by atoms with Gasteiger partial charge in [0.05, 0.1) is 5.82 Å². The Morgan fingerprint density at radius 3 is 2.65 bits per heavy atom. The summed E-state index contributed by atoms with van der Waals surface area (Å²) >= 11 is 0. The largest absolute Gasteiger partial charge is 0.373 e. The minimum atomic E-state index is -0.248. The van der Waals surface area contributed by atoms with Crippen LogP contribution in [0.25, 0.3) is 11.4 Å². The molecule has 1 radical (unpaired) electrons. The first-order chi connectivity index (χ1) is 7.59. The van der Waals surface area contributed by atoms with Gasteiger partial charge < -0.3 is 4.57 Å². The molecule has 93 valence electrons. The van der Waals surface area contributed by atoms with Crippen molar-refractivity contribution in [1.29, 1.82) is 0 Å². The van der Waals surface area contributed by atoms with Crippen molar-refractivity contribution in [3.8, 4) is 11.4 Å². The maximum absolute atomic E-state index is 13.2. The zero-order chi connectivity index (χ0) is 11.7. The summed E-state index contributed by atoms with van der Waals surface area (Å²) in [5.41, 5.74) is 1.82. The van der Waals surface area contributed by atoms with Gasteiger partial charge in [-0.25, -0.2) is 0 Å². The van der Waals surface area contributed by atoms with Crippen LogP contribution >= 0.6 is 0 Å². The van der Waals surface area contributed by atoms with E-state index in [1.54, 1.807) is 12.3 Å². The predicted octanol–water partition coefficient (Wildman–Crippen LogP) is 3.15. The van der Waals surface area contributed by atoms with Gasteiger partial charge in [0, 0.05) is 45.4 Å². The Morgan fingerprint density at radius 2 is 2.12 bits per heavy atom. The van der Waals surface area contributed by atoms with Gasteiger partial charge in [-0.15, -0.1) is 29.3 Å². The minimum absolute atomic E-state index is 0. The zero-order valence-corrected chi connectivity index (χ0v) is 12.4. The second-order valence-corrected chi connectivity index (χ2v) is 4.16. The van der Waals surface area contributed by atoms with Crippen molar-refractivity contribution in [2.45, 2.75) is 19.8 Å². The molecule has 17 heavy (non-hydrogen) atoms. The van der Waals surface area contributed by atoms with Gasteiger partial charge in [-0.05, 0) is 0 Å². The molecule has 0 saturated carbocycles. The number of imidazole rings is 1. The van der Waals surface area contributed by atoms with E-state index in [2.05, 4.69) is 11.1 Å². The molecule has 0 saturated heterocycles. The molecule has 0 amide bonds. The van der Waals surface area contributed by atoms with Crippen LogP contribution in [-0.4, -0.2) is 9.55 Å². The van der Waals surface area contributed by atoms with Crippen molar-refractivity contribution in [2.24, 2.45) is 7.05 Å². The van der Waals surface area contributed by atoms with Crippen LogP contribution in [0.4, 0.5) is 4.39 Å². The summed E-state index contributed by atoms with van der Waals surface area (Å²) in [4.78, 5) is 4.27. The van der Waals surface area contributed by atoms with Crippen molar-refractivity contribution >= 4 is 0 Å². The van der Waals surface area contributed by atoms with Gasteiger partial charge >= 0.3 is 0 Å². The minimum Gasteiger partial charge on any atom is -0.373 e. The molecule has 2 rings (SSSR count). The molecular weight excluding hydrogens is 395 g/mol. The molecule has 0 fully saturated rings. The first-order valence-corrected chi connectivity index (χ1v) is 5.28. The van der Waals surface area contributed by atoms with Crippen molar-refractivity contribution in [3.05, 3.63) is 42.0 Å². The Hall–Kier alpha value is -0.991. The van der Waals surface area contributed by atoms with Crippen LogP contribution in [0.2, 0.25) is 0 Å². The van der Waals surface area contributed by atoms with Crippen LogP contribution < -0.4 is 0 Å². The monoisotopic (exact) mass is 410 g/mol. The van der Waals surface area contributed by atoms with E-state index in [-0.39, 0.29) is 31.8 Å². The molecule has 0 aliphatic carbocycles. The van der Waals surface area contributed by atoms with Crippen LogP contribution in [0.15, 0.2) is 24.5 Å². The molecule has 0 atom stereocenters. The Kier molecular flexibility index (Phi) is 4.61. The summed E-state index contributed by atoms with van der Waals surface area (Å²) in [6.45, 7) is 4.07. The van der Waals surface area contributed by atoms with E-state index in [9.17, 15) is 4.39 Å². The number of aromatic nitrogens is 2. The summed E-state index contributed by atoms with van der Waals surface area (Å²) in [5, 5.41) is 0. The molecule has 2 nitrogen and oxygen atoms in total. The maximum atomic E-state index is 13.2. The normalized spacial score (nSPS) is 10.4. The first kappa shape index (κ1) is 14.1. The molecule has 0 N–H and O–H groups in total. The van der Waals surface area contributed by atoms with Crippen molar-refractivity contribution in [2.75, 3.05) is 0 Å². The Balaban J connectivity index is 0.00000144. The number of rotatable bonds is 2. The molecule has 0 spiro atoms. The van der Waals surface area contributed by atoms with Gasteiger partial charge in [0.15, 0.2) is 0 Å². The second kappa shape index (κ2) is 5.56. The van der Waals surface area contributed by atoms with Crippen LogP contribution in [-0.2, 0) is 27.2 Å². The Labute approximate surface area is 114 Å². The summed E-state index contributed by atoms with van der Waals surface area (Å²) in [6.07, 6.45) is 3.60. The van der Waals surface area contributed by atoms with E-state index in [1.165, 1.54) is 6.07 Å². The summed E-state index contributed by atoms with van der Waals surface area (Å²) in [7, 11) is 1.92. The van der Waals surface area contributed by atoms with E-state index >= 15 is 0 Å². The van der Waals surface area contributed by atoms with Gasteiger partial charge in [0.25, 0.3) is 0 Å². The van der Waals surface area contributed by atoms with Crippen LogP contribution in [0.1, 0.15) is 25.3 Å². The molecule has 0 aliphatic rings. The molecule has 1 heterocycles. The number of hydrogen-bond donors (Lipinski definition) is 0. The van der Waals surface area contributed by atoms with Gasteiger partial charge in [-0.2, -0.15) is 0 Å². The third-order valence-electron chi connectivity index (χ3n) is 2.60. The number of aryl methyl sites for hydroxylation is 1. The molecule has 0 unspecified atom stereocenters. The van der Waals surface area contributed by atoms with Gasteiger partial charge in [0.1, 0.15) is 0 Å². The van der Waals surface area contributed by atoms with Crippen molar-refractivity contribution in [3.63, 3.8) is 0 Å². The summed E-state index contributed by atoms with van der Waals surface area (Å²) < 4.78 is 15.1. The topological polar surface area (TPSA) is 17.8 Å². The van der Waals surface area contributed by atoms with Crippen molar-refractivity contribution in [1.82, 2.24) is 9.55 Å². The third kappa shape index (κ3) is 2.82. The standard InChI is InChI=1S/C13H14FN2.Ir/c1-9(2)12-8-10(14)4-5-11(12)13-15-6-7-16(13)3;/h4,6-9H,1-3H3;/q-1;. The third-order valence-corrected chi connectivity index (χ3v) is 2.60. The molecule has 0 aliphatic heterocycles. The van der Waals surface area contributed by atoms with Crippen molar-refractivity contribution < 1.29 is 24.5 Å². The van der Waals surface area contributed by atoms with E-state index < -0.39 is 0 Å². The molecule has 1 aromatic carbocycles. The maximum Gasteiger partial charge on any atom is 0.0558 e. The summed E-state index contributed by atoms with van der Waals surface area (Å²) in [6, 6.07) is 5.89. The van der Waals surface area contributed by atoms with E-state index in [4.69, 9.17) is 0 Å². The number of halogens is 1. The predicted molar refractivity (Wildman–Crippen MR) is 61.5 cm³/mol. The SMILES string of the molecule is CC(C)c1cc(F)c[c-]c1-c1nccn1C.[Ir]. The molecule has 2 aromatic rings. The Morgan fingerprint density at radius 1 is 1.41 bits per heavy atom. The van der Waals surface area contributed by atoms with E-state index in [1.807, 2.05) is 31.7 Å². The number of benzene rings is 1. The number of nitrogens with zero attached hydrogens (tertiary/aromatic N) is 2. The van der Waals surface area contributed by atoms with E-state index in [0.29, 0.717) is 0 Å². The Bertz CT molecular complexity index is 506. The average Bonchev–Trinajstić information content (AvgIpc) is 2.64. The molecular formula is C13H14FIrN2-. The smallest absolute Gasteiger partial charge is 0.0558 e. The van der Waals surface area contributed by atoms with Crippen LogP contribution in [0, 0.1) is 11.9 Å². The zero-order valence-electron chi connectivity index (χ0n) is 9.99. The fraction of sp³-hybridized carbons (Fsp3) is 0.308. The van der Waals surface area contributed by atoms with Crippen LogP contribution in [0.5, 0.6) is 0 Å².